The molecule has 0 saturated heterocycles. The van der Waals surface area contributed by atoms with Gasteiger partial charge in [-0.2, -0.15) is 0 Å². The minimum atomic E-state index is 0.0925. The first-order valence-corrected chi connectivity index (χ1v) is 5.64. The lowest BCUT2D eigenvalue weighted by molar-refractivity contribution is 1.49. The van der Waals surface area contributed by atoms with Crippen LogP contribution in [0.15, 0.2) is 47.3 Å². The molecule has 0 aliphatic heterocycles. The third-order valence-electron chi connectivity index (χ3n) is 2.76. The molecule has 0 fully saturated rings. The predicted molar refractivity (Wildman–Crippen MR) is 71.4 cm³/mol. The normalized spacial score (nSPS) is 11.1. The van der Waals surface area contributed by atoms with E-state index in [9.17, 15) is 4.79 Å². The first kappa shape index (κ1) is 9.56. The van der Waals surface area contributed by atoms with E-state index >= 15 is 0 Å². The molecule has 0 bridgehead atoms. The Morgan fingerprint density at radius 1 is 0.938 bits per heavy atom. The molecule has 0 radical (unpaired) electrons. The van der Waals surface area contributed by atoms with Gasteiger partial charge in [-0.25, -0.2) is 0 Å². The van der Waals surface area contributed by atoms with Crippen molar-refractivity contribution in [2.45, 2.75) is 0 Å². The zero-order chi connectivity index (χ0) is 11.1. The van der Waals surface area contributed by atoms with Crippen molar-refractivity contribution in [3.8, 4) is 0 Å². The third kappa shape index (κ3) is 1.27. The molecule has 3 aromatic rings. The number of aromatic amines is 1. The Hall–Kier alpha value is -1.66. The highest BCUT2D eigenvalue weighted by molar-refractivity contribution is 7.28. The quantitative estimate of drug-likeness (QED) is 0.463. The Morgan fingerprint density at radius 3 is 2.56 bits per heavy atom. The van der Waals surface area contributed by atoms with Gasteiger partial charge in [-0.05, 0) is 23.5 Å². The van der Waals surface area contributed by atoms with Crippen molar-refractivity contribution in [2.75, 3.05) is 0 Å². The summed E-state index contributed by atoms with van der Waals surface area (Å²) < 4.78 is 0. The molecular weight excluding hydrogens is 217 g/mol. The Labute approximate surface area is 94.5 Å². The van der Waals surface area contributed by atoms with Gasteiger partial charge in [0.15, 0.2) is 5.43 Å². The maximum Gasteiger partial charge on any atom is 0.197 e. The van der Waals surface area contributed by atoms with Gasteiger partial charge >= 0.3 is 0 Å². The number of rotatable bonds is 0. The maximum atomic E-state index is 12.3. The first-order valence-electron chi connectivity index (χ1n) is 5.06. The molecule has 2 aromatic carbocycles. The van der Waals surface area contributed by atoms with Crippen LogP contribution in [0.3, 0.4) is 0 Å². The van der Waals surface area contributed by atoms with Crippen LogP contribution < -0.4 is 10.7 Å². The van der Waals surface area contributed by atoms with E-state index in [2.05, 4.69) is 14.2 Å². The summed E-state index contributed by atoms with van der Waals surface area (Å²) in [5.74, 6) is 0. The van der Waals surface area contributed by atoms with Crippen molar-refractivity contribution in [3.63, 3.8) is 0 Å². The van der Waals surface area contributed by atoms with Crippen molar-refractivity contribution in [3.05, 3.63) is 52.7 Å². The lowest BCUT2D eigenvalue weighted by Crippen LogP contribution is -2.10. The van der Waals surface area contributed by atoms with Crippen LogP contribution in [0.1, 0.15) is 0 Å². The summed E-state index contributed by atoms with van der Waals surface area (Å²) in [4.78, 5) is 15.6. The van der Waals surface area contributed by atoms with Gasteiger partial charge < -0.3 is 4.98 Å². The van der Waals surface area contributed by atoms with E-state index in [1.54, 1.807) is 0 Å². The molecular formula is C13H10NOP. The van der Waals surface area contributed by atoms with E-state index in [-0.39, 0.29) is 5.43 Å². The number of benzene rings is 2. The molecule has 2 nitrogen and oxygen atoms in total. The van der Waals surface area contributed by atoms with Gasteiger partial charge in [0.05, 0.1) is 10.9 Å². The number of pyridine rings is 1. The summed E-state index contributed by atoms with van der Waals surface area (Å²) in [6, 6.07) is 13.4. The van der Waals surface area contributed by atoms with Crippen molar-refractivity contribution in [1.29, 1.82) is 0 Å². The van der Waals surface area contributed by atoms with E-state index in [1.165, 1.54) is 0 Å². The lowest BCUT2D eigenvalue weighted by Gasteiger charge is -2.04. The molecule has 1 atom stereocenters. The fourth-order valence-corrected chi connectivity index (χ4v) is 2.40. The zero-order valence-corrected chi connectivity index (χ0v) is 9.68. The summed E-state index contributed by atoms with van der Waals surface area (Å²) in [5, 5.41) is 2.43. The maximum absolute atomic E-state index is 12.3. The van der Waals surface area contributed by atoms with Gasteiger partial charge in [-0.15, -0.1) is 9.24 Å². The summed E-state index contributed by atoms with van der Waals surface area (Å²) in [6.07, 6.45) is 0. The van der Waals surface area contributed by atoms with Crippen LogP contribution in [-0.2, 0) is 0 Å². The zero-order valence-electron chi connectivity index (χ0n) is 8.53. The molecule has 0 aliphatic carbocycles. The number of H-pyrrole nitrogens is 1. The summed E-state index contributed by atoms with van der Waals surface area (Å²) in [6.45, 7) is 0. The molecule has 0 aliphatic rings. The molecule has 1 aromatic heterocycles. The Morgan fingerprint density at radius 2 is 1.69 bits per heavy atom. The molecule has 0 amide bonds. The average Bonchev–Trinajstić information content (AvgIpc) is 2.29. The standard InChI is InChI=1S/C13H10NOP/c15-13-8-4-1-2-5-9(8)14-10-6-3-7-11(16)12(10)13/h1-7H,16H2,(H,14,15). The molecule has 3 heteroatoms. The van der Waals surface area contributed by atoms with Crippen LogP contribution in [0.5, 0.6) is 0 Å². The first-order chi connectivity index (χ1) is 7.77. The van der Waals surface area contributed by atoms with Gasteiger partial charge in [0.1, 0.15) is 0 Å². The van der Waals surface area contributed by atoms with Crippen LogP contribution in [0.4, 0.5) is 0 Å². The number of aromatic nitrogens is 1. The largest absolute Gasteiger partial charge is 0.354 e. The van der Waals surface area contributed by atoms with Gasteiger partial charge in [-0.1, -0.05) is 24.3 Å². The van der Waals surface area contributed by atoms with E-state index in [4.69, 9.17) is 0 Å². The molecule has 3 rings (SSSR count). The second-order valence-electron chi connectivity index (χ2n) is 3.77. The molecule has 1 unspecified atom stereocenters. The summed E-state index contributed by atoms with van der Waals surface area (Å²) >= 11 is 0. The number of para-hydroxylation sites is 1. The van der Waals surface area contributed by atoms with Crippen LogP contribution in [0.25, 0.3) is 21.8 Å². The fourth-order valence-electron chi connectivity index (χ4n) is 2.00. The van der Waals surface area contributed by atoms with Crippen molar-refractivity contribution in [1.82, 2.24) is 4.98 Å². The van der Waals surface area contributed by atoms with Gasteiger partial charge in [0.2, 0.25) is 0 Å². The fraction of sp³-hybridized carbons (Fsp3) is 0. The monoisotopic (exact) mass is 227 g/mol. The molecule has 0 saturated carbocycles. The van der Waals surface area contributed by atoms with Gasteiger partial charge in [0, 0.05) is 10.9 Å². The number of hydrogen-bond acceptors (Lipinski definition) is 1. The topological polar surface area (TPSA) is 32.9 Å². The Balaban J connectivity index is 2.67. The van der Waals surface area contributed by atoms with Crippen molar-refractivity contribution >= 4 is 36.4 Å². The number of hydrogen-bond donors (Lipinski definition) is 1. The summed E-state index contributed by atoms with van der Waals surface area (Å²) in [7, 11) is 2.61. The third-order valence-corrected chi connectivity index (χ3v) is 3.25. The number of nitrogens with one attached hydrogen (secondary N) is 1. The molecule has 1 heterocycles. The predicted octanol–water partition coefficient (Wildman–Crippen LogP) is 2.18. The highest BCUT2D eigenvalue weighted by atomic mass is 31.0. The molecule has 16 heavy (non-hydrogen) atoms. The molecule has 78 valence electrons. The van der Waals surface area contributed by atoms with Crippen molar-refractivity contribution in [2.24, 2.45) is 0 Å². The minimum absolute atomic E-state index is 0.0925. The van der Waals surface area contributed by atoms with Crippen LogP contribution in [-0.4, -0.2) is 4.98 Å². The van der Waals surface area contributed by atoms with Crippen molar-refractivity contribution < 1.29 is 0 Å². The van der Waals surface area contributed by atoms with E-state index < -0.39 is 0 Å². The smallest absolute Gasteiger partial charge is 0.197 e. The Bertz CT molecular complexity index is 746. The highest BCUT2D eigenvalue weighted by Crippen LogP contribution is 2.13. The van der Waals surface area contributed by atoms with Gasteiger partial charge in [0.25, 0.3) is 0 Å². The molecule has 0 spiro atoms. The van der Waals surface area contributed by atoms with Crippen LogP contribution in [0.2, 0.25) is 0 Å². The van der Waals surface area contributed by atoms with E-state index in [1.807, 2.05) is 42.5 Å². The lowest BCUT2D eigenvalue weighted by atomic mass is 10.1. The number of fused-ring (bicyclic) bond motifs is 2. The second kappa shape index (κ2) is 3.43. The van der Waals surface area contributed by atoms with Gasteiger partial charge in [-0.3, -0.25) is 4.79 Å². The summed E-state index contributed by atoms with van der Waals surface area (Å²) in [5.41, 5.74) is 1.86. The minimum Gasteiger partial charge on any atom is -0.354 e. The van der Waals surface area contributed by atoms with E-state index in [0.29, 0.717) is 0 Å². The second-order valence-corrected chi connectivity index (χ2v) is 4.39. The van der Waals surface area contributed by atoms with E-state index in [0.717, 1.165) is 27.1 Å². The SMILES string of the molecule is O=c1c2ccccc2[nH]c2cccc(P)c12. The van der Waals surface area contributed by atoms with Crippen LogP contribution >= 0.6 is 9.24 Å². The average molecular weight is 227 g/mol. The van der Waals surface area contributed by atoms with Crippen LogP contribution in [0, 0.1) is 0 Å². The highest BCUT2D eigenvalue weighted by Gasteiger charge is 2.06. The molecule has 1 N–H and O–H groups in total. The Kier molecular flexibility index (Phi) is 2.05.